The molecule has 286 valence electrons. The molecule has 1 amide bonds. The number of anilines is 1. The molecule has 12 nitrogen and oxygen atoms in total. The Morgan fingerprint density at radius 2 is 1.42 bits per heavy atom. The number of benzene rings is 3. The second-order valence-corrected chi connectivity index (χ2v) is 14.0. The number of aryl methyl sites for hydroxylation is 1. The van der Waals surface area contributed by atoms with Crippen molar-refractivity contribution < 1.29 is 68.7 Å². The van der Waals surface area contributed by atoms with Gasteiger partial charge in [-0.1, -0.05) is 36.4 Å². The normalized spacial score (nSPS) is 16.7. The van der Waals surface area contributed by atoms with E-state index < -0.39 is 82.0 Å². The zero-order valence-corrected chi connectivity index (χ0v) is 29.6. The molecule has 0 saturated carbocycles. The standard InChI is InChI=1S/C36H37F4NO11S/c1-22(42)49-20-35(46,21-50-23(2)43)19-18-25-4-6-27(7-5-25)33-31(16-17-32(51-24(3)44)26-8-10-28(37)11-9-26)34(45)41(33)29-12-14-30(15-13-29)52-53(47,48)36(38,39)40/h4-15,31-33,46H,16-21H2,1-3H3/t31-,32+,33-/m1/s1. The van der Waals surface area contributed by atoms with E-state index in [1.807, 2.05) is 0 Å². The molecule has 1 heterocycles. The first kappa shape index (κ1) is 40.7. The maximum atomic E-state index is 13.7. The minimum absolute atomic E-state index is 0.0446. The van der Waals surface area contributed by atoms with Crippen LogP contribution in [-0.4, -0.2) is 61.7 Å². The fourth-order valence-corrected chi connectivity index (χ4v) is 6.21. The SMILES string of the molecule is CC(=O)OCC(O)(CCc1ccc([C@@H]2[C@@H](CC[C@H](OC(C)=O)c3ccc(F)cc3)C(=O)N2c2ccc(OS(=O)(=O)C(F)(F)F)cc2)cc1)COC(C)=O. The van der Waals surface area contributed by atoms with Crippen molar-refractivity contribution in [3.05, 3.63) is 95.3 Å². The summed E-state index contributed by atoms with van der Waals surface area (Å²) >= 11 is 0. The highest BCUT2D eigenvalue weighted by Gasteiger charge is 2.50. The maximum absolute atomic E-state index is 13.7. The second kappa shape index (κ2) is 16.8. The zero-order valence-electron chi connectivity index (χ0n) is 28.8. The predicted molar refractivity (Wildman–Crippen MR) is 179 cm³/mol. The number of hydrogen-bond donors (Lipinski definition) is 1. The average molecular weight is 768 g/mol. The van der Waals surface area contributed by atoms with E-state index in [1.165, 1.54) is 62.1 Å². The summed E-state index contributed by atoms with van der Waals surface area (Å²) in [5, 5.41) is 11.0. The molecule has 0 bridgehead atoms. The lowest BCUT2D eigenvalue weighted by Crippen LogP contribution is -2.55. The van der Waals surface area contributed by atoms with Gasteiger partial charge in [0.25, 0.3) is 0 Å². The predicted octanol–water partition coefficient (Wildman–Crippen LogP) is 5.63. The molecule has 0 aromatic heterocycles. The Kier molecular flexibility index (Phi) is 12.9. The van der Waals surface area contributed by atoms with Crippen LogP contribution in [0.4, 0.5) is 23.2 Å². The van der Waals surface area contributed by atoms with Crippen LogP contribution in [0.5, 0.6) is 5.75 Å². The lowest BCUT2D eigenvalue weighted by atomic mass is 9.78. The van der Waals surface area contributed by atoms with Gasteiger partial charge in [0.05, 0.1) is 12.0 Å². The third kappa shape index (κ3) is 10.8. The number of β-lactam (4-membered cyclic amide) rings is 1. The summed E-state index contributed by atoms with van der Waals surface area (Å²) in [6, 6.07) is 16.1. The quantitative estimate of drug-likeness (QED) is 0.0480. The molecule has 4 rings (SSSR count). The number of halogens is 4. The molecule has 3 aromatic carbocycles. The Hall–Kier alpha value is -5.03. The Balaban J connectivity index is 1.59. The summed E-state index contributed by atoms with van der Waals surface area (Å²) < 4.78 is 94.7. The van der Waals surface area contributed by atoms with Gasteiger partial charge in [0.2, 0.25) is 5.91 Å². The van der Waals surface area contributed by atoms with Crippen molar-refractivity contribution in [2.24, 2.45) is 5.92 Å². The van der Waals surface area contributed by atoms with Gasteiger partial charge in [-0.05, 0) is 78.8 Å². The van der Waals surface area contributed by atoms with Gasteiger partial charge in [-0.2, -0.15) is 21.6 Å². The highest BCUT2D eigenvalue weighted by molar-refractivity contribution is 7.88. The molecule has 0 spiro atoms. The van der Waals surface area contributed by atoms with Crippen LogP contribution in [0.1, 0.15) is 68.9 Å². The van der Waals surface area contributed by atoms with Crippen molar-refractivity contribution in [2.45, 2.75) is 69.7 Å². The average Bonchev–Trinajstić information content (AvgIpc) is 3.08. The molecule has 0 aliphatic carbocycles. The number of nitrogens with zero attached hydrogens (tertiary/aromatic N) is 1. The first-order chi connectivity index (χ1) is 24.8. The number of aliphatic hydroxyl groups is 1. The molecular formula is C36H37F4NO11S. The number of esters is 3. The van der Waals surface area contributed by atoms with E-state index >= 15 is 0 Å². The number of alkyl halides is 3. The minimum Gasteiger partial charge on any atom is -0.463 e. The van der Waals surface area contributed by atoms with Gasteiger partial charge >= 0.3 is 33.5 Å². The Morgan fingerprint density at radius 3 is 1.92 bits per heavy atom. The van der Waals surface area contributed by atoms with Gasteiger partial charge in [-0.3, -0.25) is 19.2 Å². The Bertz CT molecular complexity index is 1870. The second-order valence-electron chi connectivity index (χ2n) is 12.5. The van der Waals surface area contributed by atoms with E-state index in [9.17, 15) is 50.3 Å². The van der Waals surface area contributed by atoms with Gasteiger partial charge < -0.3 is 28.4 Å². The van der Waals surface area contributed by atoms with Crippen molar-refractivity contribution in [3.63, 3.8) is 0 Å². The molecule has 1 saturated heterocycles. The van der Waals surface area contributed by atoms with Crippen LogP contribution in [-0.2, 0) is 49.9 Å². The lowest BCUT2D eigenvalue weighted by Gasteiger charge is -2.48. The van der Waals surface area contributed by atoms with Crippen LogP contribution in [0.3, 0.4) is 0 Å². The first-order valence-corrected chi connectivity index (χ1v) is 17.6. The third-order valence-electron chi connectivity index (χ3n) is 8.40. The summed E-state index contributed by atoms with van der Waals surface area (Å²) in [7, 11) is -5.93. The third-order valence-corrected chi connectivity index (χ3v) is 9.38. The smallest absolute Gasteiger partial charge is 0.463 e. The van der Waals surface area contributed by atoms with Crippen LogP contribution in [0.2, 0.25) is 0 Å². The summed E-state index contributed by atoms with van der Waals surface area (Å²) in [5.74, 6) is -4.02. The largest absolute Gasteiger partial charge is 0.534 e. The number of hydrogen-bond acceptors (Lipinski definition) is 11. The van der Waals surface area contributed by atoms with Gasteiger partial charge in [0.15, 0.2) is 0 Å². The van der Waals surface area contributed by atoms with E-state index in [1.54, 1.807) is 24.3 Å². The van der Waals surface area contributed by atoms with Crippen molar-refractivity contribution >= 4 is 39.6 Å². The molecule has 3 aromatic rings. The molecule has 1 aliphatic rings. The molecule has 3 atom stereocenters. The Morgan fingerprint density at radius 1 is 0.849 bits per heavy atom. The van der Waals surface area contributed by atoms with Gasteiger partial charge in [0.1, 0.15) is 36.5 Å². The Labute approximate surface area is 302 Å². The van der Waals surface area contributed by atoms with E-state index in [2.05, 4.69) is 4.18 Å². The van der Waals surface area contributed by atoms with Crippen LogP contribution >= 0.6 is 0 Å². The number of amides is 1. The molecule has 53 heavy (non-hydrogen) atoms. The molecule has 17 heteroatoms. The molecule has 1 aliphatic heterocycles. The monoisotopic (exact) mass is 767 g/mol. The number of carbonyl (C=O) groups excluding carboxylic acids is 4. The molecule has 1 fully saturated rings. The minimum atomic E-state index is -5.93. The van der Waals surface area contributed by atoms with Crippen molar-refractivity contribution in [1.82, 2.24) is 0 Å². The van der Waals surface area contributed by atoms with Crippen molar-refractivity contribution in [1.29, 1.82) is 0 Å². The van der Waals surface area contributed by atoms with Crippen molar-refractivity contribution in [2.75, 3.05) is 18.1 Å². The number of rotatable bonds is 16. The topological polar surface area (TPSA) is 163 Å². The van der Waals surface area contributed by atoms with E-state index in [0.29, 0.717) is 11.1 Å². The van der Waals surface area contributed by atoms with Crippen LogP contribution in [0.15, 0.2) is 72.8 Å². The van der Waals surface area contributed by atoms with E-state index in [4.69, 9.17) is 14.2 Å². The number of ether oxygens (including phenoxy) is 3. The lowest BCUT2D eigenvalue weighted by molar-refractivity contribution is -0.161. The van der Waals surface area contributed by atoms with E-state index in [-0.39, 0.29) is 37.3 Å². The highest BCUT2D eigenvalue weighted by Crippen LogP contribution is 2.47. The molecule has 0 unspecified atom stereocenters. The summed E-state index contributed by atoms with van der Waals surface area (Å²) in [6.07, 6.45) is -0.123. The first-order valence-electron chi connectivity index (χ1n) is 16.2. The molecule has 1 N–H and O–H groups in total. The van der Waals surface area contributed by atoms with Crippen molar-refractivity contribution in [3.8, 4) is 5.75 Å². The fourth-order valence-electron chi connectivity index (χ4n) is 5.75. The summed E-state index contributed by atoms with van der Waals surface area (Å²) in [6.45, 7) is 2.75. The fraction of sp³-hybridized carbons (Fsp3) is 0.389. The van der Waals surface area contributed by atoms with Gasteiger partial charge in [0, 0.05) is 26.5 Å². The van der Waals surface area contributed by atoms with Crippen LogP contribution in [0, 0.1) is 11.7 Å². The van der Waals surface area contributed by atoms with E-state index in [0.717, 1.165) is 17.7 Å². The van der Waals surface area contributed by atoms with Gasteiger partial charge in [-0.15, -0.1) is 0 Å². The molecule has 0 radical (unpaired) electrons. The zero-order chi connectivity index (χ0) is 39.1. The highest BCUT2D eigenvalue weighted by atomic mass is 32.2. The van der Waals surface area contributed by atoms with Gasteiger partial charge in [-0.25, -0.2) is 4.39 Å². The maximum Gasteiger partial charge on any atom is 0.534 e. The number of carbonyl (C=O) groups is 4. The van der Waals surface area contributed by atoms with Crippen LogP contribution < -0.4 is 9.08 Å². The van der Waals surface area contributed by atoms with Crippen LogP contribution in [0.25, 0.3) is 0 Å². The molecular weight excluding hydrogens is 730 g/mol. The summed E-state index contributed by atoms with van der Waals surface area (Å²) in [4.78, 5) is 49.7. The summed E-state index contributed by atoms with van der Waals surface area (Å²) in [5.41, 5.74) is -5.21.